The number of benzene rings is 1. The predicted octanol–water partition coefficient (Wildman–Crippen LogP) is 5.40. The number of hydrogen-bond acceptors (Lipinski definition) is 4. The summed E-state index contributed by atoms with van der Waals surface area (Å²) in [5, 5.41) is 6.36. The van der Waals surface area contributed by atoms with Gasteiger partial charge >= 0.3 is 6.03 Å². The van der Waals surface area contributed by atoms with E-state index in [1.165, 1.54) is 0 Å². The first-order chi connectivity index (χ1) is 17.4. The molecule has 1 aliphatic heterocycles. The van der Waals surface area contributed by atoms with Crippen molar-refractivity contribution in [2.75, 3.05) is 46.5 Å². The van der Waals surface area contributed by atoms with Crippen LogP contribution in [0.4, 0.5) is 13.6 Å². The molecule has 0 radical (unpaired) electrons. The monoisotopic (exact) mass is 509 g/mol. The van der Waals surface area contributed by atoms with Crippen LogP contribution in [0.3, 0.4) is 0 Å². The number of likely N-dealkylation sites (tertiary alicyclic amines) is 1. The largest absolute Gasteiger partial charge is 0.382 e. The normalized spacial score (nSPS) is 22.2. The van der Waals surface area contributed by atoms with Crippen LogP contribution in [-0.2, 0) is 9.47 Å². The zero-order valence-corrected chi connectivity index (χ0v) is 22.0. The van der Waals surface area contributed by atoms with Gasteiger partial charge in [0, 0.05) is 64.3 Å². The van der Waals surface area contributed by atoms with Crippen molar-refractivity contribution in [3.8, 4) is 0 Å². The Balaban J connectivity index is 1.57. The molecule has 2 aliphatic rings. The van der Waals surface area contributed by atoms with Gasteiger partial charge in [-0.2, -0.15) is 0 Å². The second-order valence-corrected chi connectivity index (χ2v) is 10.3. The minimum absolute atomic E-state index is 0.0445. The number of alkyl halides is 2. The lowest BCUT2D eigenvalue weighted by molar-refractivity contribution is -0.0473. The number of ether oxygens (including phenoxy) is 2. The summed E-state index contributed by atoms with van der Waals surface area (Å²) in [5.74, 6) is -2.09. The molecule has 1 saturated heterocycles. The van der Waals surface area contributed by atoms with E-state index in [9.17, 15) is 13.6 Å². The highest BCUT2D eigenvalue weighted by molar-refractivity contribution is 5.74. The lowest BCUT2D eigenvalue weighted by Crippen LogP contribution is -2.52. The zero-order chi connectivity index (χ0) is 25.8. The molecule has 204 valence electrons. The fraction of sp³-hybridized carbons (Fsp3) is 0.750. The molecule has 1 heterocycles. The third kappa shape index (κ3) is 9.27. The molecule has 3 rings (SSSR count). The molecule has 3 atom stereocenters. The van der Waals surface area contributed by atoms with Crippen molar-refractivity contribution in [2.24, 2.45) is 11.8 Å². The SMILES string of the molecule is CCOCCCO[C@@H](c1ccccc1)[C@@H]1CCCN(C(=O)N[C@H](CNC)CC2CCC(F)(F)CC2)C1. The number of hydrogen-bond donors (Lipinski definition) is 2. The number of carbonyl (C=O) groups excluding carboxylic acids is 1. The Kier molecular flexibility index (Phi) is 11.9. The van der Waals surface area contributed by atoms with Crippen LogP contribution < -0.4 is 10.6 Å². The quantitative estimate of drug-likeness (QED) is 0.350. The van der Waals surface area contributed by atoms with Crippen LogP contribution in [0.15, 0.2) is 30.3 Å². The van der Waals surface area contributed by atoms with Crippen LogP contribution in [0.2, 0.25) is 0 Å². The van der Waals surface area contributed by atoms with Gasteiger partial charge in [-0.3, -0.25) is 0 Å². The number of halogens is 2. The highest BCUT2D eigenvalue weighted by Crippen LogP contribution is 2.38. The maximum Gasteiger partial charge on any atom is 0.317 e. The first-order valence-corrected chi connectivity index (χ1v) is 13.7. The molecular formula is C28H45F2N3O3. The second kappa shape index (κ2) is 14.8. The molecule has 1 saturated carbocycles. The minimum Gasteiger partial charge on any atom is -0.382 e. The molecule has 2 N–H and O–H groups in total. The van der Waals surface area contributed by atoms with Crippen LogP contribution in [0, 0.1) is 11.8 Å². The van der Waals surface area contributed by atoms with Crippen molar-refractivity contribution in [1.82, 2.24) is 15.5 Å². The van der Waals surface area contributed by atoms with E-state index >= 15 is 0 Å². The van der Waals surface area contributed by atoms with Crippen LogP contribution in [0.5, 0.6) is 0 Å². The first kappa shape index (κ1) is 28.8. The predicted molar refractivity (Wildman–Crippen MR) is 138 cm³/mol. The molecule has 2 fully saturated rings. The summed E-state index contributed by atoms with van der Waals surface area (Å²) in [6.45, 7) is 5.98. The third-order valence-electron chi connectivity index (χ3n) is 7.47. The van der Waals surface area contributed by atoms with E-state index in [4.69, 9.17) is 9.47 Å². The Hall–Kier alpha value is -1.77. The van der Waals surface area contributed by atoms with Gasteiger partial charge < -0.3 is 25.0 Å². The van der Waals surface area contributed by atoms with E-state index in [1.807, 2.05) is 37.1 Å². The van der Waals surface area contributed by atoms with Crippen LogP contribution in [0.25, 0.3) is 0 Å². The summed E-state index contributed by atoms with van der Waals surface area (Å²) >= 11 is 0. The number of carbonyl (C=O) groups is 1. The van der Waals surface area contributed by atoms with Crippen molar-refractivity contribution in [1.29, 1.82) is 0 Å². The maximum absolute atomic E-state index is 13.6. The fourth-order valence-electron chi connectivity index (χ4n) is 5.55. The molecule has 36 heavy (non-hydrogen) atoms. The average Bonchev–Trinajstić information content (AvgIpc) is 2.88. The van der Waals surface area contributed by atoms with Crippen LogP contribution in [0.1, 0.15) is 70.0 Å². The maximum atomic E-state index is 13.6. The standard InChI is InChI=1S/C28H45F2N3O3/c1-3-35-17-8-18-36-26(23-9-5-4-6-10-23)24-11-7-16-33(21-24)27(34)32-25(20-31-2)19-22-12-14-28(29,30)15-13-22/h4-6,9-10,22,24-26,31H,3,7-8,11-21H2,1-2H3,(H,32,34)/t24-,25+,26+/m1/s1. The van der Waals surface area contributed by atoms with Gasteiger partial charge in [0.15, 0.2) is 0 Å². The van der Waals surface area contributed by atoms with Gasteiger partial charge in [0.05, 0.1) is 6.10 Å². The Morgan fingerprint density at radius 1 is 1.17 bits per heavy atom. The number of nitrogens with zero attached hydrogens (tertiary/aromatic N) is 1. The second-order valence-electron chi connectivity index (χ2n) is 10.3. The lowest BCUT2D eigenvalue weighted by Gasteiger charge is -2.38. The van der Waals surface area contributed by atoms with E-state index in [0.717, 1.165) is 37.8 Å². The minimum atomic E-state index is -2.53. The molecule has 2 amide bonds. The van der Waals surface area contributed by atoms with Crippen molar-refractivity contribution >= 4 is 6.03 Å². The van der Waals surface area contributed by atoms with Gasteiger partial charge in [-0.25, -0.2) is 13.6 Å². The molecule has 0 bridgehead atoms. The van der Waals surface area contributed by atoms with Gasteiger partial charge in [0.25, 0.3) is 0 Å². The van der Waals surface area contributed by atoms with Crippen molar-refractivity contribution in [3.05, 3.63) is 35.9 Å². The van der Waals surface area contributed by atoms with E-state index in [1.54, 1.807) is 0 Å². The summed E-state index contributed by atoms with van der Waals surface area (Å²) in [6.07, 6.45) is 4.39. The number of likely N-dealkylation sites (N-methyl/N-ethyl adjacent to an activating group) is 1. The summed E-state index contributed by atoms with van der Waals surface area (Å²) < 4.78 is 39.0. The van der Waals surface area contributed by atoms with Gasteiger partial charge in [-0.1, -0.05) is 30.3 Å². The lowest BCUT2D eigenvalue weighted by atomic mass is 9.83. The van der Waals surface area contributed by atoms with Crippen LogP contribution in [-0.4, -0.2) is 69.4 Å². The molecule has 0 unspecified atom stereocenters. The molecular weight excluding hydrogens is 464 g/mol. The Bertz CT molecular complexity index is 758. The molecule has 6 nitrogen and oxygen atoms in total. The summed E-state index contributed by atoms with van der Waals surface area (Å²) in [6, 6.07) is 10.1. The van der Waals surface area contributed by atoms with Crippen molar-refractivity contribution in [2.45, 2.75) is 76.4 Å². The van der Waals surface area contributed by atoms with Gasteiger partial charge in [-0.05, 0) is 64.0 Å². The van der Waals surface area contributed by atoms with E-state index < -0.39 is 5.92 Å². The molecule has 0 aromatic heterocycles. The van der Waals surface area contributed by atoms with E-state index in [-0.39, 0.29) is 42.9 Å². The summed E-state index contributed by atoms with van der Waals surface area (Å²) in [7, 11) is 1.86. The highest BCUT2D eigenvalue weighted by Gasteiger charge is 2.36. The highest BCUT2D eigenvalue weighted by atomic mass is 19.3. The number of amides is 2. The zero-order valence-electron chi connectivity index (χ0n) is 22.0. The third-order valence-corrected chi connectivity index (χ3v) is 7.47. The topological polar surface area (TPSA) is 62.8 Å². The van der Waals surface area contributed by atoms with Crippen molar-refractivity contribution < 1.29 is 23.0 Å². The molecule has 0 spiro atoms. The molecule has 8 heteroatoms. The van der Waals surface area contributed by atoms with E-state index in [0.29, 0.717) is 45.8 Å². The first-order valence-electron chi connectivity index (χ1n) is 13.7. The van der Waals surface area contributed by atoms with Crippen molar-refractivity contribution in [3.63, 3.8) is 0 Å². The molecule has 1 aromatic rings. The Morgan fingerprint density at radius 2 is 1.92 bits per heavy atom. The number of urea groups is 1. The fourth-order valence-corrected chi connectivity index (χ4v) is 5.55. The van der Waals surface area contributed by atoms with Gasteiger partial charge in [0.1, 0.15) is 0 Å². The van der Waals surface area contributed by atoms with E-state index in [2.05, 4.69) is 22.8 Å². The number of nitrogens with one attached hydrogen (secondary N) is 2. The Morgan fingerprint density at radius 3 is 2.61 bits per heavy atom. The van der Waals surface area contributed by atoms with Crippen LogP contribution >= 0.6 is 0 Å². The Labute approximate surface area is 215 Å². The number of piperidine rings is 1. The molecule has 1 aliphatic carbocycles. The molecule has 1 aromatic carbocycles. The average molecular weight is 510 g/mol. The summed E-state index contributed by atoms with van der Waals surface area (Å²) in [4.78, 5) is 15.2. The van der Waals surface area contributed by atoms with Gasteiger partial charge in [-0.15, -0.1) is 0 Å². The van der Waals surface area contributed by atoms with Gasteiger partial charge in [0.2, 0.25) is 5.92 Å². The number of rotatable bonds is 13. The summed E-state index contributed by atoms with van der Waals surface area (Å²) in [5.41, 5.74) is 1.14. The smallest absolute Gasteiger partial charge is 0.317 e.